The highest BCUT2D eigenvalue weighted by Crippen LogP contribution is 2.42. The monoisotopic (exact) mass is 1000 g/mol. The van der Waals surface area contributed by atoms with Crippen LogP contribution in [-0.4, -0.2) is 57.4 Å². The summed E-state index contributed by atoms with van der Waals surface area (Å²) in [5.74, 6) is -8.23. The Morgan fingerprint density at radius 3 is 1.47 bits per heavy atom. The molecule has 0 spiro atoms. The molecule has 0 unspecified atom stereocenters. The Labute approximate surface area is 401 Å². The number of hydrogen-bond acceptors (Lipinski definition) is 7. The SMILES string of the molecule is CS(=O)(=O)N1CC[C@@](OCc2ccccc2)(c2ccc(Cl)cc2)[C@H](OCc2ccc(F)c(F)c2F)C1.Fc1ccc(CO[C@@H]2CNCC[C@@]2(OCc2ccccc2)c2ccc(Cl)cc2)c(F)c1F. The van der Waals surface area contributed by atoms with Crippen molar-refractivity contribution in [3.05, 3.63) is 212 Å². The molecule has 6 aromatic carbocycles. The molecule has 4 atom stereocenters. The van der Waals surface area contributed by atoms with Crippen molar-refractivity contribution >= 4 is 33.2 Å². The lowest BCUT2D eigenvalue weighted by atomic mass is 9.82. The fourth-order valence-corrected chi connectivity index (χ4v) is 9.40. The molecule has 1 N–H and O–H groups in total. The van der Waals surface area contributed by atoms with Gasteiger partial charge in [0.15, 0.2) is 34.9 Å². The minimum atomic E-state index is -3.58. The predicted molar refractivity (Wildman–Crippen MR) is 247 cm³/mol. The highest BCUT2D eigenvalue weighted by atomic mass is 35.5. The minimum absolute atomic E-state index is 0.0532. The first-order chi connectivity index (χ1) is 32.6. The summed E-state index contributed by atoms with van der Waals surface area (Å²) in [7, 11) is -3.58. The van der Waals surface area contributed by atoms with Crippen LogP contribution in [0.1, 0.15) is 46.2 Å². The fourth-order valence-electron chi connectivity index (χ4n) is 8.32. The van der Waals surface area contributed by atoms with E-state index >= 15 is 0 Å². The van der Waals surface area contributed by atoms with Crippen LogP contribution in [0.25, 0.3) is 0 Å². The second-order valence-electron chi connectivity index (χ2n) is 16.4. The van der Waals surface area contributed by atoms with Crippen molar-refractivity contribution in [2.45, 2.75) is 62.7 Å². The van der Waals surface area contributed by atoms with Gasteiger partial charge in [0.1, 0.15) is 23.4 Å². The maximum Gasteiger partial charge on any atom is 0.211 e. The van der Waals surface area contributed by atoms with Crippen molar-refractivity contribution in [3.63, 3.8) is 0 Å². The number of nitrogens with one attached hydrogen (secondary N) is 1. The van der Waals surface area contributed by atoms with Crippen LogP contribution >= 0.6 is 23.2 Å². The van der Waals surface area contributed by atoms with Gasteiger partial charge in [-0.15, -0.1) is 0 Å². The third-order valence-electron chi connectivity index (χ3n) is 12.1. The van der Waals surface area contributed by atoms with Gasteiger partial charge < -0.3 is 24.3 Å². The number of ether oxygens (including phenoxy) is 4. The molecule has 0 amide bonds. The van der Waals surface area contributed by atoms with Gasteiger partial charge in [-0.05, 0) is 78.0 Å². The van der Waals surface area contributed by atoms with Gasteiger partial charge in [0.05, 0.1) is 32.7 Å². The highest BCUT2D eigenvalue weighted by Gasteiger charge is 2.49. The maximum absolute atomic E-state index is 14.4. The third kappa shape index (κ3) is 12.1. The third-order valence-corrected chi connectivity index (χ3v) is 13.8. The topological polar surface area (TPSA) is 86.3 Å². The van der Waals surface area contributed by atoms with E-state index in [2.05, 4.69) is 5.32 Å². The molecule has 2 saturated heterocycles. The van der Waals surface area contributed by atoms with Crippen LogP contribution in [0.4, 0.5) is 26.3 Å². The van der Waals surface area contributed by atoms with Crippen LogP contribution < -0.4 is 5.32 Å². The number of hydrogen-bond donors (Lipinski definition) is 1. The van der Waals surface area contributed by atoms with E-state index in [-0.39, 0.29) is 43.9 Å². The van der Waals surface area contributed by atoms with Crippen molar-refractivity contribution < 1.29 is 53.7 Å². The molecule has 0 bridgehead atoms. The summed E-state index contributed by atoms with van der Waals surface area (Å²) in [6.45, 7) is 1.12. The van der Waals surface area contributed by atoms with E-state index in [1.54, 1.807) is 36.4 Å². The molecular formula is C51H48Cl2F6N2O6S. The first-order valence-corrected chi connectivity index (χ1v) is 24.2. The zero-order valence-electron chi connectivity index (χ0n) is 36.8. The average Bonchev–Trinajstić information content (AvgIpc) is 3.34. The van der Waals surface area contributed by atoms with E-state index in [4.69, 9.17) is 42.1 Å². The Kier molecular flexibility index (Phi) is 17.1. The quantitative estimate of drug-likeness (QED) is 0.0810. The van der Waals surface area contributed by atoms with Gasteiger partial charge in [0, 0.05) is 40.8 Å². The Morgan fingerprint density at radius 2 is 1.01 bits per heavy atom. The number of rotatable bonds is 15. The lowest BCUT2D eigenvalue weighted by molar-refractivity contribution is -0.186. The number of benzene rings is 6. The molecule has 2 fully saturated rings. The molecule has 0 saturated carbocycles. The van der Waals surface area contributed by atoms with E-state index < -0.39 is 74.9 Å². The second kappa shape index (κ2) is 22.7. The molecule has 2 heterocycles. The minimum Gasteiger partial charge on any atom is -0.369 e. The molecule has 0 aliphatic carbocycles. The summed E-state index contributed by atoms with van der Waals surface area (Å²) in [6.07, 6.45) is 0.525. The van der Waals surface area contributed by atoms with Gasteiger partial charge in [0.25, 0.3) is 0 Å². The molecule has 360 valence electrons. The van der Waals surface area contributed by atoms with Crippen molar-refractivity contribution in [3.8, 4) is 0 Å². The van der Waals surface area contributed by atoms with Crippen molar-refractivity contribution in [1.29, 1.82) is 0 Å². The number of nitrogens with zero attached hydrogens (tertiary/aromatic N) is 1. The summed E-state index contributed by atoms with van der Waals surface area (Å²) >= 11 is 12.2. The lowest BCUT2D eigenvalue weighted by Crippen LogP contribution is -2.57. The van der Waals surface area contributed by atoms with Gasteiger partial charge in [-0.25, -0.2) is 34.8 Å². The predicted octanol–water partition coefficient (Wildman–Crippen LogP) is 11.2. The van der Waals surface area contributed by atoms with Crippen LogP contribution in [0.2, 0.25) is 10.0 Å². The first-order valence-electron chi connectivity index (χ1n) is 21.6. The highest BCUT2D eigenvalue weighted by molar-refractivity contribution is 7.88. The zero-order valence-corrected chi connectivity index (χ0v) is 39.1. The summed E-state index contributed by atoms with van der Waals surface area (Å²) < 4.78 is 134. The van der Waals surface area contributed by atoms with E-state index in [0.717, 1.165) is 41.1 Å². The van der Waals surface area contributed by atoms with Crippen LogP contribution in [0, 0.1) is 34.9 Å². The van der Waals surface area contributed by atoms with Gasteiger partial charge in [-0.3, -0.25) is 0 Å². The van der Waals surface area contributed by atoms with E-state index in [1.807, 2.05) is 72.8 Å². The van der Waals surface area contributed by atoms with Gasteiger partial charge in [-0.2, -0.15) is 4.31 Å². The van der Waals surface area contributed by atoms with Gasteiger partial charge >= 0.3 is 0 Å². The van der Waals surface area contributed by atoms with Gasteiger partial charge in [-0.1, -0.05) is 120 Å². The Bertz CT molecular complexity index is 2730. The van der Waals surface area contributed by atoms with Crippen LogP contribution in [0.5, 0.6) is 0 Å². The van der Waals surface area contributed by atoms with Crippen LogP contribution in [0.3, 0.4) is 0 Å². The lowest BCUT2D eigenvalue weighted by Gasteiger charge is -2.47. The molecule has 8 nitrogen and oxygen atoms in total. The maximum atomic E-state index is 14.4. The standard InChI is InChI=1S/C26H25ClF3NO4S.C25H23ClF3NO2/c1-36(32,33)31-14-13-26(20-8-10-21(27)11-9-20,35-16-18-5-3-2-4-6-18)23(15-31)34-17-19-7-12-22(28)25(30)24(19)29;26-20-9-7-19(8-10-20)25(32-15-17-4-2-1-3-5-17)12-13-30-14-22(25)31-16-18-6-11-21(27)24(29)23(18)28/h2-12,23H,13-17H2,1H3;1-11,22,30H,12-16H2/t23-,26-;22-,25-/m11/s1. The van der Waals surface area contributed by atoms with Crippen molar-refractivity contribution in [1.82, 2.24) is 9.62 Å². The Hall–Kier alpha value is -4.81. The largest absolute Gasteiger partial charge is 0.369 e. The van der Waals surface area contributed by atoms with Crippen LogP contribution in [0.15, 0.2) is 133 Å². The molecule has 0 aromatic heterocycles. The summed E-state index contributed by atoms with van der Waals surface area (Å²) in [6, 6.07) is 37.5. The zero-order chi connectivity index (χ0) is 48.5. The normalized spacial score (nSPS) is 21.0. The number of sulfonamides is 1. The summed E-state index contributed by atoms with van der Waals surface area (Å²) in [5.41, 5.74) is 1.27. The Morgan fingerprint density at radius 1 is 0.574 bits per heavy atom. The first kappa shape index (κ1) is 51.1. The average molecular weight is 1000 g/mol. The number of piperidine rings is 2. The molecule has 2 aliphatic rings. The molecule has 6 aromatic rings. The smallest absolute Gasteiger partial charge is 0.211 e. The molecule has 0 radical (unpaired) electrons. The van der Waals surface area contributed by atoms with E-state index in [1.165, 1.54) is 10.4 Å². The molecule has 17 heteroatoms. The number of halogens is 8. The van der Waals surface area contributed by atoms with Crippen molar-refractivity contribution in [2.75, 3.05) is 32.4 Å². The van der Waals surface area contributed by atoms with Gasteiger partial charge in [0.2, 0.25) is 10.0 Å². The molecular weight excluding hydrogens is 954 g/mol. The van der Waals surface area contributed by atoms with E-state index in [0.29, 0.717) is 41.7 Å². The molecule has 8 rings (SSSR count). The summed E-state index contributed by atoms with van der Waals surface area (Å²) in [5, 5.41) is 4.39. The fraction of sp³-hybridized carbons (Fsp3) is 0.294. The van der Waals surface area contributed by atoms with E-state index in [9.17, 15) is 34.8 Å². The molecule has 2 aliphatic heterocycles. The van der Waals surface area contributed by atoms with Crippen molar-refractivity contribution in [2.24, 2.45) is 0 Å². The second-order valence-corrected chi connectivity index (χ2v) is 19.3. The Balaban J connectivity index is 0.000000203. The van der Waals surface area contributed by atoms with Crippen LogP contribution in [-0.2, 0) is 66.6 Å². The molecule has 68 heavy (non-hydrogen) atoms. The summed E-state index contributed by atoms with van der Waals surface area (Å²) in [4.78, 5) is 0.